The number of sulfonamides is 1. The Labute approximate surface area is 124 Å². The molecule has 0 saturated carbocycles. The molecule has 5 nitrogen and oxygen atoms in total. The van der Waals surface area contributed by atoms with Crippen molar-refractivity contribution in [1.82, 2.24) is 4.31 Å². The van der Waals surface area contributed by atoms with Gasteiger partial charge in [-0.3, -0.25) is 0 Å². The summed E-state index contributed by atoms with van der Waals surface area (Å²) in [7, 11) is -0.618. The van der Waals surface area contributed by atoms with Gasteiger partial charge in [-0.2, -0.15) is 0 Å². The second kappa shape index (κ2) is 6.04. The van der Waals surface area contributed by atoms with Crippen LogP contribution in [-0.4, -0.2) is 26.8 Å². The average molecular weight is 304 g/mol. The molecule has 1 aromatic heterocycles. The van der Waals surface area contributed by atoms with E-state index in [1.165, 1.54) is 20.2 Å². The standard InChI is InChI=1S/C15H16N2O3S/c1-4-12-6-5-7-13(10-12)16-11-14-8-9-15(20-14)21(18,19)17(2)3/h1,5-10,16H,11H2,2-3H3. The third kappa shape index (κ3) is 3.45. The Kier molecular flexibility index (Phi) is 4.36. The highest BCUT2D eigenvalue weighted by Gasteiger charge is 2.21. The fraction of sp³-hybridized carbons (Fsp3) is 0.200. The summed E-state index contributed by atoms with van der Waals surface area (Å²) < 4.78 is 30.3. The predicted octanol–water partition coefficient (Wildman–Crippen LogP) is 2.12. The molecule has 0 aliphatic rings. The minimum Gasteiger partial charge on any atom is -0.446 e. The number of furan rings is 1. The summed E-state index contributed by atoms with van der Waals surface area (Å²) in [4.78, 5) is 0. The molecular weight excluding hydrogens is 288 g/mol. The summed E-state index contributed by atoms with van der Waals surface area (Å²) in [5.74, 6) is 3.08. The van der Waals surface area contributed by atoms with Gasteiger partial charge in [0.05, 0.1) is 6.54 Å². The van der Waals surface area contributed by atoms with Crippen molar-refractivity contribution in [3.63, 3.8) is 0 Å². The van der Waals surface area contributed by atoms with E-state index in [1.807, 2.05) is 24.3 Å². The van der Waals surface area contributed by atoms with E-state index >= 15 is 0 Å². The van der Waals surface area contributed by atoms with Gasteiger partial charge in [0.2, 0.25) is 5.09 Å². The molecule has 21 heavy (non-hydrogen) atoms. The van der Waals surface area contributed by atoms with Crippen LogP contribution < -0.4 is 5.32 Å². The van der Waals surface area contributed by atoms with Crippen LogP contribution in [0.15, 0.2) is 45.9 Å². The van der Waals surface area contributed by atoms with Crippen molar-refractivity contribution >= 4 is 15.7 Å². The maximum Gasteiger partial charge on any atom is 0.275 e. The third-order valence-electron chi connectivity index (χ3n) is 2.87. The summed E-state index contributed by atoms with van der Waals surface area (Å²) in [5.41, 5.74) is 1.62. The molecule has 0 radical (unpaired) electrons. The minimum atomic E-state index is -3.54. The molecule has 0 aliphatic heterocycles. The molecule has 2 rings (SSSR count). The van der Waals surface area contributed by atoms with Gasteiger partial charge in [-0.05, 0) is 30.3 Å². The Morgan fingerprint density at radius 1 is 1.29 bits per heavy atom. The summed E-state index contributed by atoms with van der Waals surface area (Å²) in [6.45, 7) is 0.372. The summed E-state index contributed by atoms with van der Waals surface area (Å²) in [6.07, 6.45) is 5.34. The topological polar surface area (TPSA) is 62.6 Å². The zero-order valence-electron chi connectivity index (χ0n) is 11.8. The zero-order chi connectivity index (χ0) is 15.5. The predicted molar refractivity (Wildman–Crippen MR) is 81.3 cm³/mol. The number of hydrogen-bond acceptors (Lipinski definition) is 4. The maximum absolute atomic E-state index is 11.9. The Bertz CT molecular complexity index is 770. The van der Waals surface area contributed by atoms with Crippen molar-refractivity contribution in [1.29, 1.82) is 0 Å². The molecule has 1 N–H and O–H groups in total. The lowest BCUT2D eigenvalue weighted by atomic mass is 10.2. The fourth-order valence-corrected chi connectivity index (χ4v) is 2.49. The van der Waals surface area contributed by atoms with Gasteiger partial charge < -0.3 is 9.73 Å². The van der Waals surface area contributed by atoms with Gasteiger partial charge in [0.1, 0.15) is 5.76 Å². The van der Waals surface area contributed by atoms with Gasteiger partial charge in [0.15, 0.2) is 0 Å². The maximum atomic E-state index is 11.9. The van der Waals surface area contributed by atoms with E-state index in [0.29, 0.717) is 12.3 Å². The highest BCUT2D eigenvalue weighted by molar-refractivity contribution is 7.88. The van der Waals surface area contributed by atoms with E-state index in [1.54, 1.807) is 6.07 Å². The lowest BCUT2D eigenvalue weighted by Gasteiger charge is -2.08. The van der Waals surface area contributed by atoms with Crippen LogP contribution in [0.3, 0.4) is 0 Å². The molecular formula is C15H16N2O3S. The van der Waals surface area contributed by atoms with Gasteiger partial charge in [-0.25, -0.2) is 12.7 Å². The first-order valence-electron chi connectivity index (χ1n) is 6.25. The molecule has 0 atom stereocenters. The number of hydrogen-bond donors (Lipinski definition) is 1. The van der Waals surface area contributed by atoms with E-state index in [0.717, 1.165) is 15.6 Å². The van der Waals surface area contributed by atoms with Crippen LogP contribution >= 0.6 is 0 Å². The van der Waals surface area contributed by atoms with E-state index in [4.69, 9.17) is 10.8 Å². The fourth-order valence-electron chi connectivity index (χ4n) is 1.68. The van der Waals surface area contributed by atoms with Crippen LogP contribution in [0.1, 0.15) is 11.3 Å². The Hall–Kier alpha value is -2.23. The van der Waals surface area contributed by atoms with Gasteiger partial charge in [-0.1, -0.05) is 12.0 Å². The molecule has 110 valence electrons. The van der Waals surface area contributed by atoms with Crippen LogP contribution in [-0.2, 0) is 16.6 Å². The molecule has 0 fully saturated rings. The molecule has 2 aromatic rings. The van der Waals surface area contributed by atoms with E-state index in [-0.39, 0.29) is 5.09 Å². The Morgan fingerprint density at radius 3 is 2.71 bits per heavy atom. The molecule has 0 saturated heterocycles. The van der Waals surface area contributed by atoms with Crippen molar-refractivity contribution < 1.29 is 12.8 Å². The number of benzene rings is 1. The van der Waals surface area contributed by atoms with Gasteiger partial charge >= 0.3 is 0 Å². The minimum absolute atomic E-state index is 0.0679. The Balaban J connectivity index is 2.09. The smallest absolute Gasteiger partial charge is 0.275 e. The van der Waals surface area contributed by atoms with Crippen molar-refractivity contribution in [2.45, 2.75) is 11.6 Å². The summed E-state index contributed by atoms with van der Waals surface area (Å²) >= 11 is 0. The van der Waals surface area contributed by atoms with Crippen LogP contribution in [0.2, 0.25) is 0 Å². The second-order valence-corrected chi connectivity index (χ2v) is 6.67. The van der Waals surface area contributed by atoms with Crippen molar-refractivity contribution in [2.75, 3.05) is 19.4 Å². The number of terminal acetylenes is 1. The van der Waals surface area contributed by atoms with Crippen molar-refractivity contribution in [3.05, 3.63) is 47.7 Å². The number of nitrogens with one attached hydrogen (secondary N) is 1. The van der Waals surface area contributed by atoms with Crippen LogP contribution in [0.25, 0.3) is 0 Å². The van der Waals surface area contributed by atoms with Crippen LogP contribution in [0, 0.1) is 12.3 Å². The highest BCUT2D eigenvalue weighted by Crippen LogP contribution is 2.18. The van der Waals surface area contributed by atoms with E-state index < -0.39 is 10.0 Å². The molecule has 0 spiro atoms. The van der Waals surface area contributed by atoms with Crippen molar-refractivity contribution in [2.24, 2.45) is 0 Å². The SMILES string of the molecule is C#Cc1cccc(NCc2ccc(S(=O)(=O)N(C)C)o2)c1. The first-order valence-corrected chi connectivity index (χ1v) is 7.69. The van der Waals surface area contributed by atoms with Gasteiger partial charge in [-0.15, -0.1) is 6.42 Å². The lowest BCUT2D eigenvalue weighted by molar-refractivity contribution is 0.402. The molecule has 1 heterocycles. The van der Waals surface area contributed by atoms with E-state index in [9.17, 15) is 8.42 Å². The summed E-state index contributed by atoms with van der Waals surface area (Å²) in [5, 5.41) is 3.06. The normalized spacial score (nSPS) is 11.3. The zero-order valence-corrected chi connectivity index (χ0v) is 12.6. The number of nitrogens with zero attached hydrogens (tertiary/aromatic N) is 1. The number of anilines is 1. The van der Waals surface area contributed by atoms with Gasteiger partial charge in [0, 0.05) is 25.3 Å². The first-order chi connectivity index (χ1) is 9.93. The monoisotopic (exact) mass is 304 g/mol. The molecule has 0 aliphatic carbocycles. The Morgan fingerprint density at radius 2 is 2.05 bits per heavy atom. The molecule has 1 aromatic carbocycles. The molecule has 6 heteroatoms. The van der Waals surface area contributed by atoms with Gasteiger partial charge in [0.25, 0.3) is 10.0 Å². The third-order valence-corrected chi connectivity index (χ3v) is 4.56. The lowest BCUT2D eigenvalue weighted by Crippen LogP contribution is -2.21. The quantitative estimate of drug-likeness (QED) is 0.860. The molecule has 0 unspecified atom stereocenters. The van der Waals surface area contributed by atoms with Crippen LogP contribution in [0.4, 0.5) is 5.69 Å². The molecule has 0 bridgehead atoms. The average Bonchev–Trinajstić information content (AvgIpc) is 2.94. The second-order valence-electron chi connectivity index (χ2n) is 4.59. The largest absolute Gasteiger partial charge is 0.446 e. The number of rotatable bonds is 5. The van der Waals surface area contributed by atoms with E-state index in [2.05, 4.69) is 11.2 Å². The van der Waals surface area contributed by atoms with Crippen LogP contribution in [0.5, 0.6) is 0 Å². The first kappa shape index (κ1) is 15.2. The summed E-state index contributed by atoms with van der Waals surface area (Å²) in [6, 6.07) is 10.5. The molecule has 0 amide bonds. The van der Waals surface area contributed by atoms with Crippen molar-refractivity contribution in [3.8, 4) is 12.3 Å². The highest BCUT2D eigenvalue weighted by atomic mass is 32.2.